The molecule has 0 radical (unpaired) electrons. The molecule has 2 N–H and O–H groups in total. The number of aliphatic hydroxyl groups is 1. The fourth-order valence-electron chi connectivity index (χ4n) is 2.78. The van der Waals surface area contributed by atoms with Gasteiger partial charge < -0.3 is 20.1 Å². The molecule has 21 heavy (non-hydrogen) atoms. The summed E-state index contributed by atoms with van der Waals surface area (Å²) in [6.07, 6.45) is 2.44. The third-order valence-electron chi connectivity index (χ3n) is 4.22. The van der Waals surface area contributed by atoms with E-state index in [1.54, 1.807) is 0 Å². The first kappa shape index (κ1) is 15.1. The van der Waals surface area contributed by atoms with E-state index in [1.165, 1.54) is 24.1 Å². The fourth-order valence-corrected chi connectivity index (χ4v) is 2.98. The first-order chi connectivity index (χ1) is 10.2. The number of hydrogen-bond donors (Lipinski definition) is 2. The van der Waals surface area contributed by atoms with Crippen molar-refractivity contribution in [1.29, 1.82) is 0 Å². The van der Waals surface area contributed by atoms with Crippen LogP contribution in [0, 0.1) is 0 Å². The van der Waals surface area contributed by atoms with Crippen molar-refractivity contribution in [3.05, 3.63) is 28.8 Å². The predicted octanol–water partition coefficient (Wildman–Crippen LogP) is 2.18. The molecule has 0 spiro atoms. The van der Waals surface area contributed by atoms with E-state index >= 15 is 0 Å². The topological polar surface area (TPSA) is 44.7 Å². The Kier molecular flexibility index (Phi) is 4.69. The standard InChI is InChI=1S/C16H23ClN2O2/c1-11-10-21-15(9-20)8-19(11)16-5-2-13(17)6-12(16)7-18-14-3-4-14/h2,5-6,11,14-15,18,20H,3-4,7-10H2,1H3. The number of anilines is 1. The lowest BCUT2D eigenvalue weighted by Crippen LogP contribution is -2.50. The molecule has 2 atom stereocenters. The first-order valence-corrected chi connectivity index (χ1v) is 8.06. The minimum atomic E-state index is -0.110. The average molecular weight is 311 g/mol. The van der Waals surface area contributed by atoms with Gasteiger partial charge in [0.05, 0.1) is 19.3 Å². The van der Waals surface area contributed by atoms with Crippen molar-refractivity contribution in [2.75, 3.05) is 24.7 Å². The number of benzene rings is 1. The lowest BCUT2D eigenvalue weighted by atomic mass is 10.1. The van der Waals surface area contributed by atoms with Gasteiger partial charge in [0.25, 0.3) is 0 Å². The quantitative estimate of drug-likeness (QED) is 0.875. The van der Waals surface area contributed by atoms with Crippen LogP contribution in [0.4, 0.5) is 5.69 Å². The van der Waals surface area contributed by atoms with Gasteiger partial charge in [0.1, 0.15) is 0 Å². The Balaban J connectivity index is 1.80. The average Bonchev–Trinajstić information content (AvgIpc) is 3.30. The first-order valence-electron chi connectivity index (χ1n) is 7.68. The Morgan fingerprint density at radius 1 is 1.43 bits per heavy atom. The molecule has 1 aliphatic heterocycles. The number of nitrogens with zero attached hydrogens (tertiary/aromatic N) is 1. The highest BCUT2D eigenvalue weighted by molar-refractivity contribution is 6.30. The molecule has 1 aliphatic carbocycles. The van der Waals surface area contributed by atoms with Gasteiger partial charge in [0.15, 0.2) is 0 Å². The van der Waals surface area contributed by atoms with Crippen molar-refractivity contribution in [3.8, 4) is 0 Å². The fraction of sp³-hybridized carbons (Fsp3) is 0.625. The number of halogens is 1. The molecule has 5 heteroatoms. The highest BCUT2D eigenvalue weighted by Crippen LogP contribution is 2.29. The van der Waals surface area contributed by atoms with E-state index in [9.17, 15) is 5.11 Å². The Morgan fingerprint density at radius 3 is 2.95 bits per heavy atom. The van der Waals surface area contributed by atoms with Crippen LogP contribution in [0.2, 0.25) is 5.02 Å². The second-order valence-corrected chi connectivity index (χ2v) is 6.50. The van der Waals surface area contributed by atoms with Gasteiger partial charge in [-0.05, 0) is 43.5 Å². The largest absolute Gasteiger partial charge is 0.394 e. The van der Waals surface area contributed by atoms with Crippen molar-refractivity contribution in [2.45, 2.75) is 44.5 Å². The van der Waals surface area contributed by atoms with E-state index in [0.717, 1.165) is 18.1 Å². The van der Waals surface area contributed by atoms with Crippen molar-refractivity contribution in [2.24, 2.45) is 0 Å². The molecule has 4 nitrogen and oxygen atoms in total. The number of hydrogen-bond acceptors (Lipinski definition) is 4. The molecular formula is C16H23ClN2O2. The van der Waals surface area contributed by atoms with E-state index in [1.807, 2.05) is 12.1 Å². The number of rotatable bonds is 5. The maximum atomic E-state index is 9.35. The maximum Gasteiger partial charge on any atom is 0.0981 e. The SMILES string of the molecule is CC1COC(CO)CN1c1ccc(Cl)cc1CNC1CC1. The van der Waals surface area contributed by atoms with E-state index < -0.39 is 0 Å². The second-order valence-electron chi connectivity index (χ2n) is 6.07. The molecule has 116 valence electrons. The van der Waals surface area contributed by atoms with Crippen molar-refractivity contribution < 1.29 is 9.84 Å². The smallest absolute Gasteiger partial charge is 0.0981 e. The predicted molar refractivity (Wildman–Crippen MR) is 84.9 cm³/mol. The van der Waals surface area contributed by atoms with Gasteiger partial charge in [-0.3, -0.25) is 0 Å². The summed E-state index contributed by atoms with van der Waals surface area (Å²) >= 11 is 6.17. The van der Waals surface area contributed by atoms with Crippen LogP contribution >= 0.6 is 11.6 Å². The Labute approximate surface area is 131 Å². The molecule has 0 aromatic heterocycles. The summed E-state index contributed by atoms with van der Waals surface area (Å²) in [5, 5.41) is 13.7. The van der Waals surface area contributed by atoms with E-state index in [2.05, 4.69) is 23.2 Å². The molecule has 0 amide bonds. The van der Waals surface area contributed by atoms with E-state index in [0.29, 0.717) is 18.7 Å². The molecule has 1 saturated heterocycles. The van der Waals surface area contributed by atoms with Crippen LogP contribution in [0.15, 0.2) is 18.2 Å². The number of nitrogens with one attached hydrogen (secondary N) is 1. The maximum absolute atomic E-state index is 9.35. The van der Waals surface area contributed by atoms with E-state index in [-0.39, 0.29) is 12.7 Å². The number of aliphatic hydroxyl groups excluding tert-OH is 1. The summed E-state index contributed by atoms with van der Waals surface area (Å²) in [5.74, 6) is 0. The molecular weight excluding hydrogens is 288 g/mol. The molecule has 1 heterocycles. The van der Waals surface area contributed by atoms with Crippen molar-refractivity contribution >= 4 is 17.3 Å². The van der Waals surface area contributed by atoms with Crippen LogP contribution < -0.4 is 10.2 Å². The summed E-state index contributed by atoms with van der Waals surface area (Å²) in [4.78, 5) is 2.32. The Hall–Kier alpha value is -0.810. The second kappa shape index (κ2) is 6.53. The minimum Gasteiger partial charge on any atom is -0.394 e. The number of morpholine rings is 1. The van der Waals surface area contributed by atoms with Gasteiger partial charge in [0.2, 0.25) is 0 Å². The Bertz CT molecular complexity index is 493. The zero-order chi connectivity index (χ0) is 14.8. The van der Waals surface area contributed by atoms with Crippen LogP contribution in [0.1, 0.15) is 25.3 Å². The van der Waals surface area contributed by atoms with Crippen LogP contribution in [-0.4, -0.2) is 43.1 Å². The van der Waals surface area contributed by atoms with Gasteiger partial charge in [-0.15, -0.1) is 0 Å². The van der Waals surface area contributed by atoms with Crippen molar-refractivity contribution in [3.63, 3.8) is 0 Å². The number of ether oxygens (including phenoxy) is 1. The summed E-state index contributed by atoms with van der Waals surface area (Å²) in [6.45, 7) is 4.42. The Morgan fingerprint density at radius 2 is 2.24 bits per heavy atom. The van der Waals surface area contributed by atoms with Gasteiger partial charge in [-0.1, -0.05) is 11.6 Å². The molecule has 2 fully saturated rings. The zero-order valence-corrected chi connectivity index (χ0v) is 13.1. The van der Waals surface area contributed by atoms with Crippen molar-refractivity contribution in [1.82, 2.24) is 5.32 Å². The van der Waals surface area contributed by atoms with Crippen LogP contribution in [0.5, 0.6) is 0 Å². The molecule has 3 rings (SSSR count). The van der Waals surface area contributed by atoms with Crippen LogP contribution in [0.25, 0.3) is 0 Å². The third kappa shape index (κ3) is 3.69. The summed E-state index contributed by atoms with van der Waals surface area (Å²) in [5.41, 5.74) is 2.42. The van der Waals surface area contributed by atoms with E-state index in [4.69, 9.17) is 16.3 Å². The normalized spacial score (nSPS) is 26.1. The van der Waals surface area contributed by atoms with Gasteiger partial charge >= 0.3 is 0 Å². The molecule has 1 aromatic rings. The summed E-state index contributed by atoms with van der Waals surface area (Å²) < 4.78 is 5.63. The molecule has 1 saturated carbocycles. The highest BCUT2D eigenvalue weighted by atomic mass is 35.5. The molecule has 2 unspecified atom stereocenters. The summed E-state index contributed by atoms with van der Waals surface area (Å²) in [7, 11) is 0. The highest BCUT2D eigenvalue weighted by Gasteiger charge is 2.28. The van der Waals surface area contributed by atoms with Crippen LogP contribution in [0.3, 0.4) is 0 Å². The lowest BCUT2D eigenvalue weighted by Gasteiger charge is -2.40. The van der Waals surface area contributed by atoms with Gasteiger partial charge in [-0.2, -0.15) is 0 Å². The monoisotopic (exact) mass is 310 g/mol. The minimum absolute atomic E-state index is 0.0620. The molecule has 1 aromatic carbocycles. The molecule has 2 aliphatic rings. The lowest BCUT2D eigenvalue weighted by molar-refractivity contribution is -0.0103. The van der Waals surface area contributed by atoms with Gasteiger partial charge in [-0.25, -0.2) is 0 Å². The summed E-state index contributed by atoms with van der Waals surface area (Å²) in [6, 6.07) is 7.04. The molecule has 0 bridgehead atoms. The zero-order valence-electron chi connectivity index (χ0n) is 12.4. The third-order valence-corrected chi connectivity index (χ3v) is 4.45. The van der Waals surface area contributed by atoms with Gasteiger partial charge in [0, 0.05) is 35.9 Å². The van der Waals surface area contributed by atoms with Crippen LogP contribution in [-0.2, 0) is 11.3 Å².